The Kier molecular flexibility index (Phi) is 3.17. The van der Waals surface area contributed by atoms with E-state index in [1.165, 1.54) is 11.3 Å². The van der Waals surface area contributed by atoms with Crippen LogP contribution in [0.3, 0.4) is 0 Å². The highest BCUT2D eigenvalue weighted by atomic mass is 32.1. The fourth-order valence-corrected chi connectivity index (χ4v) is 1.92. The predicted octanol–water partition coefficient (Wildman–Crippen LogP) is 2.58. The number of hydrogen-bond donors (Lipinski definition) is 1. The topological polar surface area (TPSA) is 65.8 Å². The van der Waals surface area contributed by atoms with Gasteiger partial charge in [0.15, 0.2) is 0 Å². The zero-order valence-electron chi connectivity index (χ0n) is 9.10. The zero-order chi connectivity index (χ0) is 12.3. The summed E-state index contributed by atoms with van der Waals surface area (Å²) in [5.74, 6) is -0.260. The van der Waals surface area contributed by atoms with Crippen LogP contribution in [0.25, 0.3) is 0 Å². The standard InChI is InChI=1S/C12H9N3OS/c1-8-14-11(7-17-8)12(16)15-10-4-2-3-9(5-10)6-13/h2-5,7H,1H3,(H,15,16). The Labute approximate surface area is 103 Å². The molecule has 0 aliphatic heterocycles. The summed E-state index contributed by atoms with van der Waals surface area (Å²) in [6.07, 6.45) is 0. The van der Waals surface area contributed by atoms with Gasteiger partial charge in [-0.1, -0.05) is 6.07 Å². The van der Waals surface area contributed by atoms with Crippen molar-refractivity contribution in [2.24, 2.45) is 0 Å². The summed E-state index contributed by atoms with van der Waals surface area (Å²) >= 11 is 1.43. The number of aromatic nitrogens is 1. The molecule has 2 aromatic rings. The Bertz CT molecular complexity index is 598. The van der Waals surface area contributed by atoms with Crippen LogP contribution in [0.2, 0.25) is 0 Å². The van der Waals surface area contributed by atoms with Gasteiger partial charge >= 0.3 is 0 Å². The lowest BCUT2D eigenvalue weighted by atomic mass is 10.2. The third-order valence-electron chi connectivity index (χ3n) is 2.10. The van der Waals surface area contributed by atoms with Gasteiger partial charge in [-0.25, -0.2) is 4.98 Å². The molecule has 17 heavy (non-hydrogen) atoms. The molecule has 0 saturated carbocycles. The zero-order valence-corrected chi connectivity index (χ0v) is 9.91. The van der Waals surface area contributed by atoms with E-state index in [0.717, 1.165) is 5.01 Å². The van der Waals surface area contributed by atoms with Crippen molar-refractivity contribution < 1.29 is 4.79 Å². The highest BCUT2D eigenvalue weighted by molar-refractivity contribution is 7.09. The van der Waals surface area contributed by atoms with Crippen LogP contribution in [0.5, 0.6) is 0 Å². The lowest BCUT2D eigenvalue weighted by molar-refractivity contribution is 0.102. The van der Waals surface area contributed by atoms with Crippen LogP contribution in [-0.2, 0) is 0 Å². The van der Waals surface area contributed by atoms with Gasteiger partial charge in [0.2, 0.25) is 0 Å². The molecule has 5 heteroatoms. The quantitative estimate of drug-likeness (QED) is 0.881. The lowest BCUT2D eigenvalue weighted by Gasteiger charge is -2.02. The number of aryl methyl sites for hydroxylation is 1. The average molecular weight is 243 g/mol. The van der Waals surface area contributed by atoms with E-state index < -0.39 is 0 Å². The van der Waals surface area contributed by atoms with Gasteiger partial charge in [0, 0.05) is 11.1 Å². The SMILES string of the molecule is Cc1nc(C(=O)Nc2cccc(C#N)c2)cs1. The minimum absolute atomic E-state index is 0.260. The van der Waals surface area contributed by atoms with Crippen molar-refractivity contribution in [1.29, 1.82) is 5.26 Å². The van der Waals surface area contributed by atoms with E-state index in [2.05, 4.69) is 10.3 Å². The second-order valence-corrected chi connectivity index (χ2v) is 4.46. The monoisotopic (exact) mass is 243 g/mol. The smallest absolute Gasteiger partial charge is 0.275 e. The van der Waals surface area contributed by atoms with Crippen LogP contribution in [0.15, 0.2) is 29.6 Å². The Morgan fingerprint density at radius 2 is 2.35 bits per heavy atom. The van der Waals surface area contributed by atoms with Gasteiger partial charge < -0.3 is 5.32 Å². The molecule has 0 radical (unpaired) electrons. The Morgan fingerprint density at radius 1 is 1.53 bits per heavy atom. The van der Waals surface area contributed by atoms with Crippen molar-refractivity contribution in [2.45, 2.75) is 6.92 Å². The van der Waals surface area contributed by atoms with Crippen LogP contribution < -0.4 is 5.32 Å². The van der Waals surface area contributed by atoms with Crippen molar-refractivity contribution in [3.8, 4) is 6.07 Å². The summed E-state index contributed by atoms with van der Waals surface area (Å²) in [7, 11) is 0. The highest BCUT2D eigenvalue weighted by Gasteiger charge is 2.09. The summed E-state index contributed by atoms with van der Waals surface area (Å²) in [6, 6.07) is 8.78. The molecule has 0 fully saturated rings. The van der Waals surface area contributed by atoms with Crippen molar-refractivity contribution in [2.75, 3.05) is 5.32 Å². The minimum Gasteiger partial charge on any atom is -0.321 e. The fourth-order valence-electron chi connectivity index (χ4n) is 1.33. The molecule has 1 amide bonds. The number of hydrogen-bond acceptors (Lipinski definition) is 4. The van der Waals surface area contributed by atoms with Gasteiger partial charge in [-0.3, -0.25) is 4.79 Å². The summed E-state index contributed by atoms with van der Waals surface area (Å²) in [4.78, 5) is 15.9. The molecule has 1 aromatic heterocycles. The number of anilines is 1. The Morgan fingerprint density at radius 3 is 3.00 bits per heavy atom. The number of benzene rings is 1. The van der Waals surface area contributed by atoms with E-state index in [9.17, 15) is 4.79 Å². The van der Waals surface area contributed by atoms with Crippen LogP contribution in [0.1, 0.15) is 21.1 Å². The van der Waals surface area contributed by atoms with E-state index in [1.807, 2.05) is 13.0 Å². The highest BCUT2D eigenvalue weighted by Crippen LogP contribution is 2.13. The van der Waals surface area contributed by atoms with Gasteiger partial charge in [-0.2, -0.15) is 5.26 Å². The molecule has 0 bridgehead atoms. The van der Waals surface area contributed by atoms with E-state index in [-0.39, 0.29) is 5.91 Å². The normalized spacial score (nSPS) is 9.65. The molecule has 84 valence electrons. The molecule has 2 rings (SSSR count). The number of carbonyl (C=O) groups is 1. The summed E-state index contributed by atoms with van der Waals surface area (Å²) in [5.41, 5.74) is 1.51. The van der Waals surface area contributed by atoms with Crippen molar-refractivity contribution in [3.05, 3.63) is 45.9 Å². The molecule has 4 nitrogen and oxygen atoms in total. The van der Waals surface area contributed by atoms with Crippen molar-refractivity contribution in [3.63, 3.8) is 0 Å². The molecule has 1 N–H and O–H groups in total. The van der Waals surface area contributed by atoms with E-state index in [1.54, 1.807) is 29.6 Å². The van der Waals surface area contributed by atoms with Gasteiger partial charge in [0.1, 0.15) is 5.69 Å². The summed E-state index contributed by atoms with van der Waals surface area (Å²) < 4.78 is 0. The summed E-state index contributed by atoms with van der Waals surface area (Å²) in [6.45, 7) is 1.84. The number of nitrogens with zero attached hydrogens (tertiary/aromatic N) is 2. The molecule has 0 unspecified atom stereocenters. The number of carbonyl (C=O) groups excluding carboxylic acids is 1. The fraction of sp³-hybridized carbons (Fsp3) is 0.0833. The first-order valence-electron chi connectivity index (χ1n) is 4.92. The molecule has 0 atom stereocenters. The van der Waals surface area contributed by atoms with Crippen molar-refractivity contribution >= 4 is 22.9 Å². The van der Waals surface area contributed by atoms with E-state index >= 15 is 0 Å². The number of nitriles is 1. The third-order valence-corrected chi connectivity index (χ3v) is 2.87. The number of rotatable bonds is 2. The number of amides is 1. The second-order valence-electron chi connectivity index (χ2n) is 3.40. The third kappa shape index (κ3) is 2.68. The minimum atomic E-state index is -0.260. The van der Waals surface area contributed by atoms with E-state index in [4.69, 9.17) is 5.26 Å². The van der Waals surface area contributed by atoms with E-state index in [0.29, 0.717) is 16.9 Å². The molecule has 1 heterocycles. The van der Waals surface area contributed by atoms with Crippen LogP contribution in [-0.4, -0.2) is 10.9 Å². The van der Waals surface area contributed by atoms with Crippen LogP contribution in [0, 0.1) is 18.3 Å². The first-order valence-corrected chi connectivity index (χ1v) is 5.80. The van der Waals surface area contributed by atoms with Gasteiger partial charge in [0.25, 0.3) is 5.91 Å². The first kappa shape index (κ1) is 11.3. The average Bonchev–Trinajstić information content (AvgIpc) is 2.76. The molecular formula is C12H9N3OS. The van der Waals surface area contributed by atoms with Gasteiger partial charge in [-0.15, -0.1) is 11.3 Å². The number of nitrogens with one attached hydrogen (secondary N) is 1. The summed E-state index contributed by atoms with van der Waals surface area (Å²) in [5, 5.41) is 14.0. The van der Waals surface area contributed by atoms with Crippen molar-refractivity contribution in [1.82, 2.24) is 4.98 Å². The Hall–Kier alpha value is -2.19. The lowest BCUT2D eigenvalue weighted by Crippen LogP contribution is -2.12. The largest absolute Gasteiger partial charge is 0.321 e. The molecule has 1 aromatic carbocycles. The maximum atomic E-state index is 11.8. The van der Waals surface area contributed by atoms with Crippen LogP contribution in [0.4, 0.5) is 5.69 Å². The maximum Gasteiger partial charge on any atom is 0.275 e. The maximum absolute atomic E-state index is 11.8. The Balaban J connectivity index is 2.16. The molecular weight excluding hydrogens is 234 g/mol. The second kappa shape index (κ2) is 4.76. The molecule has 0 aliphatic rings. The van der Waals surface area contributed by atoms with Gasteiger partial charge in [0.05, 0.1) is 16.6 Å². The van der Waals surface area contributed by atoms with Crippen LogP contribution >= 0.6 is 11.3 Å². The molecule has 0 saturated heterocycles. The molecule has 0 aliphatic carbocycles. The molecule has 0 spiro atoms. The number of thiazole rings is 1. The predicted molar refractivity (Wildman–Crippen MR) is 66.0 cm³/mol. The first-order chi connectivity index (χ1) is 8.19. The van der Waals surface area contributed by atoms with Gasteiger partial charge in [-0.05, 0) is 25.1 Å².